The number of likely N-dealkylation sites (N-methyl/N-ethyl adjacent to an activating group) is 1. The van der Waals surface area contributed by atoms with Gasteiger partial charge in [0.1, 0.15) is 5.75 Å². The monoisotopic (exact) mass is 370 g/mol. The summed E-state index contributed by atoms with van der Waals surface area (Å²) in [7, 11) is 3.45. The van der Waals surface area contributed by atoms with Crippen LogP contribution in [0.3, 0.4) is 0 Å². The molecule has 0 radical (unpaired) electrons. The van der Waals surface area contributed by atoms with Crippen LogP contribution in [0.25, 0.3) is 0 Å². The van der Waals surface area contributed by atoms with Crippen molar-refractivity contribution in [2.24, 2.45) is 0 Å². The molecule has 6 heteroatoms. The van der Waals surface area contributed by atoms with E-state index in [1.807, 2.05) is 63.4 Å². The molecule has 0 aliphatic carbocycles. The number of quaternary nitrogens is 1. The highest BCUT2D eigenvalue weighted by molar-refractivity contribution is 5.92. The number of carbonyl (C=O) groups excluding carboxylic acids is 2. The Bertz CT molecular complexity index is 788. The van der Waals surface area contributed by atoms with E-state index >= 15 is 0 Å². The maximum atomic E-state index is 12.2. The molecule has 0 fully saturated rings. The number of hydrogen-bond donors (Lipinski definition) is 3. The highest BCUT2D eigenvalue weighted by Gasteiger charge is 2.15. The zero-order chi connectivity index (χ0) is 19.8. The van der Waals surface area contributed by atoms with E-state index in [1.165, 1.54) is 0 Å². The minimum atomic E-state index is -0.107. The molecular formula is C21H28N3O3+. The molecule has 144 valence electrons. The molecule has 2 aromatic rings. The third-order valence-electron chi connectivity index (χ3n) is 4.45. The van der Waals surface area contributed by atoms with Crippen LogP contribution in [0.4, 0.5) is 5.69 Å². The van der Waals surface area contributed by atoms with Gasteiger partial charge in [-0.15, -0.1) is 0 Å². The summed E-state index contributed by atoms with van der Waals surface area (Å²) in [4.78, 5) is 25.2. The van der Waals surface area contributed by atoms with Crippen LogP contribution in [-0.2, 0) is 16.1 Å². The summed E-state index contributed by atoms with van der Waals surface area (Å²) in [5.74, 6) is 0.580. The first-order chi connectivity index (χ1) is 12.9. The fraction of sp³-hybridized carbons (Fsp3) is 0.333. The van der Waals surface area contributed by atoms with Gasteiger partial charge in [-0.1, -0.05) is 24.3 Å². The Labute approximate surface area is 160 Å². The highest BCUT2D eigenvalue weighted by Crippen LogP contribution is 2.17. The number of benzene rings is 2. The summed E-state index contributed by atoms with van der Waals surface area (Å²) in [6.07, 6.45) is 0. The van der Waals surface area contributed by atoms with Crippen LogP contribution in [0, 0.1) is 13.8 Å². The van der Waals surface area contributed by atoms with Crippen molar-refractivity contribution < 1.29 is 19.2 Å². The zero-order valence-electron chi connectivity index (χ0n) is 16.4. The largest absolute Gasteiger partial charge is 0.497 e. The van der Waals surface area contributed by atoms with Gasteiger partial charge in [0.2, 0.25) is 0 Å². The van der Waals surface area contributed by atoms with Crippen molar-refractivity contribution in [2.45, 2.75) is 20.4 Å². The molecule has 0 aromatic heterocycles. The molecule has 0 bridgehead atoms. The normalized spacial score (nSPS) is 11.6. The van der Waals surface area contributed by atoms with E-state index in [0.29, 0.717) is 6.54 Å². The minimum Gasteiger partial charge on any atom is -0.497 e. The molecule has 2 amide bonds. The van der Waals surface area contributed by atoms with Crippen molar-refractivity contribution in [3.05, 3.63) is 59.2 Å². The Balaban J connectivity index is 1.76. The summed E-state index contributed by atoms with van der Waals surface area (Å²) in [6, 6.07) is 13.3. The number of anilines is 1. The number of aryl methyl sites for hydroxylation is 1. The Morgan fingerprint density at radius 3 is 2.33 bits per heavy atom. The molecular weight excluding hydrogens is 342 g/mol. The third kappa shape index (κ3) is 6.42. The maximum Gasteiger partial charge on any atom is 0.279 e. The van der Waals surface area contributed by atoms with Gasteiger partial charge in [-0.05, 0) is 48.7 Å². The van der Waals surface area contributed by atoms with Crippen molar-refractivity contribution in [3.63, 3.8) is 0 Å². The molecule has 1 unspecified atom stereocenters. The van der Waals surface area contributed by atoms with Gasteiger partial charge in [0.25, 0.3) is 11.8 Å². The van der Waals surface area contributed by atoms with Crippen LogP contribution in [0.1, 0.15) is 16.7 Å². The van der Waals surface area contributed by atoms with Crippen molar-refractivity contribution >= 4 is 17.5 Å². The Morgan fingerprint density at radius 2 is 1.67 bits per heavy atom. The highest BCUT2D eigenvalue weighted by atomic mass is 16.5. The van der Waals surface area contributed by atoms with Gasteiger partial charge in [-0.25, -0.2) is 0 Å². The molecule has 0 aliphatic rings. The molecule has 0 heterocycles. The molecule has 3 N–H and O–H groups in total. The van der Waals surface area contributed by atoms with E-state index in [1.54, 1.807) is 7.11 Å². The first kappa shape index (κ1) is 20.5. The SMILES string of the molecule is COc1ccc(CNC(=O)C[NH+](C)CC(=O)Nc2cccc(C)c2C)cc1. The van der Waals surface area contributed by atoms with Gasteiger partial charge in [0.15, 0.2) is 13.1 Å². The average Bonchev–Trinajstić information content (AvgIpc) is 2.64. The first-order valence-electron chi connectivity index (χ1n) is 8.96. The Morgan fingerprint density at radius 1 is 1.00 bits per heavy atom. The molecule has 2 aromatic carbocycles. The van der Waals surface area contributed by atoms with Crippen LogP contribution in [0.5, 0.6) is 5.75 Å². The number of hydrogen-bond acceptors (Lipinski definition) is 3. The Hall–Kier alpha value is -2.86. The van der Waals surface area contributed by atoms with E-state index in [-0.39, 0.29) is 24.9 Å². The third-order valence-corrected chi connectivity index (χ3v) is 4.45. The van der Waals surface area contributed by atoms with Crippen LogP contribution in [0.15, 0.2) is 42.5 Å². The van der Waals surface area contributed by atoms with Crippen molar-refractivity contribution in [2.75, 3.05) is 32.6 Å². The molecule has 0 spiro atoms. The standard InChI is InChI=1S/C21H27N3O3/c1-15-6-5-7-19(16(15)2)23-21(26)14-24(3)13-20(25)22-12-17-8-10-18(27-4)11-9-17/h5-11H,12-14H2,1-4H3,(H,22,25)(H,23,26)/p+1. The predicted molar refractivity (Wildman–Crippen MR) is 106 cm³/mol. The minimum absolute atomic E-state index is 0.0946. The lowest BCUT2D eigenvalue weighted by molar-refractivity contribution is -0.862. The lowest BCUT2D eigenvalue weighted by Gasteiger charge is -2.15. The second-order valence-electron chi connectivity index (χ2n) is 6.73. The smallest absolute Gasteiger partial charge is 0.279 e. The number of nitrogens with one attached hydrogen (secondary N) is 3. The van der Waals surface area contributed by atoms with Gasteiger partial charge >= 0.3 is 0 Å². The topological polar surface area (TPSA) is 71.9 Å². The zero-order valence-corrected chi connectivity index (χ0v) is 16.4. The predicted octanol–water partition coefficient (Wildman–Crippen LogP) is 1.08. The summed E-state index contributed by atoms with van der Waals surface area (Å²) < 4.78 is 5.11. The molecule has 0 saturated heterocycles. The van der Waals surface area contributed by atoms with Crippen LogP contribution < -0.4 is 20.3 Å². The molecule has 0 saturated carbocycles. The number of rotatable bonds is 8. The second-order valence-corrected chi connectivity index (χ2v) is 6.73. The molecule has 0 aliphatic heterocycles. The van der Waals surface area contributed by atoms with Crippen LogP contribution >= 0.6 is 0 Å². The molecule has 27 heavy (non-hydrogen) atoms. The number of methoxy groups -OCH3 is 1. The summed E-state index contributed by atoms with van der Waals surface area (Å²) >= 11 is 0. The van der Waals surface area contributed by atoms with E-state index in [9.17, 15) is 9.59 Å². The van der Waals surface area contributed by atoms with Crippen molar-refractivity contribution in [1.82, 2.24) is 5.32 Å². The Kier molecular flexibility index (Phi) is 7.37. The fourth-order valence-electron chi connectivity index (χ4n) is 2.70. The molecule has 2 rings (SSSR count). The lowest BCUT2D eigenvalue weighted by Crippen LogP contribution is -3.11. The lowest BCUT2D eigenvalue weighted by atomic mass is 10.1. The number of ether oxygens (including phenoxy) is 1. The van der Waals surface area contributed by atoms with Crippen molar-refractivity contribution in [3.8, 4) is 5.75 Å². The fourth-order valence-corrected chi connectivity index (χ4v) is 2.70. The quantitative estimate of drug-likeness (QED) is 0.651. The summed E-state index contributed by atoms with van der Waals surface area (Å²) in [5.41, 5.74) is 4.00. The van der Waals surface area contributed by atoms with Gasteiger partial charge in [0, 0.05) is 12.2 Å². The van der Waals surface area contributed by atoms with Gasteiger partial charge in [-0.2, -0.15) is 0 Å². The van der Waals surface area contributed by atoms with Crippen LogP contribution in [0.2, 0.25) is 0 Å². The van der Waals surface area contributed by atoms with E-state index in [0.717, 1.165) is 33.0 Å². The molecule has 1 atom stereocenters. The summed E-state index contributed by atoms with van der Waals surface area (Å²) in [6.45, 7) is 4.90. The number of carbonyl (C=O) groups is 2. The number of amides is 2. The van der Waals surface area contributed by atoms with Gasteiger partial charge in [0.05, 0.1) is 14.2 Å². The van der Waals surface area contributed by atoms with Crippen LogP contribution in [-0.4, -0.2) is 39.1 Å². The van der Waals surface area contributed by atoms with Gasteiger partial charge in [-0.3, -0.25) is 9.59 Å². The second kappa shape index (κ2) is 9.73. The van der Waals surface area contributed by atoms with E-state index in [2.05, 4.69) is 10.6 Å². The molecule has 6 nitrogen and oxygen atoms in total. The maximum absolute atomic E-state index is 12.2. The average molecular weight is 370 g/mol. The summed E-state index contributed by atoms with van der Waals surface area (Å²) in [5, 5.41) is 5.80. The van der Waals surface area contributed by atoms with E-state index < -0.39 is 0 Å². The van der Waals surface area contributed by atoms with Crippen molar-refractivity contribution in [1.29, 1.82) is 0 Å². The first-order valence-corrected chi connectivity index (χ1v) is 8.96. The van der Waals surface area contributed by atoms with E-state index in [4.69, 9.17) is 4.74 Å². The van der Waals surface area contributed by atoms with Gasteiger partial charge < -0.3 is 20.3 Å².